The number of ether oxygens (including phenoxy) is 1. The number of carbonyl (C=O) groups excluding carboxylic acids is 1. The maximum atomic E-state index is 13.3. The minimum Gasteiger partial charge on any atom is -0.467 e. The molecule has 5 heteroatoms. The number of hydrogen-bond acceptors (Lipinski definition) is 2. The van der Waals surface area contributed by atoms with E-state index < -0.39 is 5.72 Å². The maximum Gasteiger partial charge on any atom is 0.325 e. The van der Waals surface area contributed by atoms with Gasteiger partial charge >= 0.3 is 6.03 Å². The minimum absolute atomic E-state index is 0.00932. The van der Waals surface area contributed by atoms with Gasteiger partial charge in [-0.05, 0) is 57.4 Å². The second-order valence-electron chi connectivity index (χ2n) is 10.7. The van der Waals surface area contributed by atoms with E-state index in [1.54, 1.807) is 4.90 Å². The van der Waals surface area contributed by atoms with Gasteiger partial charge in [0.15, 0.2) is 5.72 Å². The molecule has 1 saturated heterocycles. The number of amides is 2. The third kappa shape index (κ3) is 3.41. The molecule has 4 rings (SSSR count). The maximum absolute atomic E-state index is 13.3. The Morgan fingerprint density at radius 3 is 2.37 bits per heavy atom. The number of nitrogens with zero attached hydrogens (tertiary/aromatic N) is 1. The SMILES string of the molecule is CC(C)(C)c1cc2c(c(C(C)(C)C)c1)O[C@@]1(C)C[C@H]2NC(=O)N1c1ccccc1Br. The number of fused-ring (bicyclic) bond motifs is 4. The summed E-state index contributed by atoms with van der Waals surface area (Å²) in [5.41, 5.74) is 3.50. The number of para-hydroxylation sites is 1. The van der Waals surface area contributed by atoms with E-state index in [1.165, 1.54) is 11.1 Å². The van der Waals surface area contributed by atoms with Crippen molar-refractivity contribution >= 4 is 27.6 Å². The zero-order valence-electron chi connectivity index (χ0n) is 18.9. The van der Waals surface area contributed by atoms with Crippen LogP contribution in [0.5, 0.6) is 5.75 Å². The highest BCUT2D eigenvalue weighted by Gasteiger charge is 2.51. The highest BCUT2D eigenvalue weighted by molar-refractivity contribution is 9.10. The molecule has 2 aliphatic heterocycles. The van der Waals surface area contributed by atoms with Crippen molar-refractivity contribution < 1.29 is 9.53 Å². The van der Waals surface area contributed by atoms with Crippen LogP contribution in [0.4, 0.5) is 10.5 Å². The molecule has 4 nitrogen and oxygen atoms in total. The lowest BCUT2D eigenvalue weighted by Crippen LogP contribution is -2.65. The molecule has 0 unspecified atom stereocenters. The van der Waals surface area contributed by atoms with E-state index in [1.807, 2.05) is 31.2 Å². The molecule has 2 aromatic carbocycles. The summed E-state index contributed by atoms with van der Waals surface area (Å²) in [7, 11) is 0. The van der Waals surface area contributed by atoms with Gasteiger partial charge in [0.2, 0.25) is 0 Å². The number of halogens is 1. The first kappa shape index (κ1) is 21.2. The number of carbonyl (C=O) groups is 1. The lowest BCUT2D eigenvalue weighted by atomic mass is 9.76. The first-order valence-corrected chi connectivity index (χ1v) is 11.3. The highest BCUT2D eigenvalue weighted by Crippen LogP contribution is 2.51. The van der Waals surface area contributed by atoms with Crippen molar-refractivity contribution in [2.45, 2.75) is 77.5 Å². The molecule has 0 spiro atoms. The van der Waals surface area contributed by atoms with E-state index in [4.69, 9.17) is 4.74 Å². The van der Waals surface area contributed by atoms with Crippen LogP contribution in [0.2, 0.25) is 0 Å². The predicted octanol–water partition coefficient (Wildman–Crippen LogP) is 6.81. The van der Waals surface area contributed by atoms with Crippen LogP contribution in [0.1, 0.15) is 77.6 Å². The fraction of sp³-hybridized carbons (Fsp3) is 0.480. The molecule has 0 saturated carbocycles. The lowest BCUT2D eigenvalue weighted by Gasteiger charge is -2.52. The van der Waals surface area contributed by atoms with Crippen molar-refractivity contribution in [1.29, 1.82) is 0 Å². The lowest BCUT2D eigenvalue weighted by molar-refractivity contribution is 0.0357. The monoisotopic (exact) mass is 470 g/mol. The molecule has 1 fully saturated rings. The fourth-order valence-corrected chi connectivity index (χ4v) is 4.92. The van der Waals surface area contributed by atoms with Crippen molar-refractivity contribution in [2.75, 3.05) is 4.90 Å². The molecule has 2 atom stereocenters. The van der Waals surface area contributed by atoms with Crippen LogP contribution in [0.15, 0.2) is 40.9 Å². The van der Waals surface area contributed by atoms with Gasteiger partial charge in [-0.15, -0.1) is 0 Å². The largest absolute Gasteiger partial charge is 0.467 e. The molecule has 2 aromatic rings. The van der Waals surface area contributed by atoms with Crippen LogP contribution >= 0.6 is 15.9 Å². The Bertz CT molecular complexity index is 1020. The Morgan fingerprint density at radius 1 is 1.10 bits per heavy atom. The van der Waals surface area contributed by atoms with E-state index in [2.05, 4.69) is 74.9 Å². The first-order chi connectivity index (χ1) is 13.8. The zero-order valence-corrected chi connectivity index (χ0v) is 20.5. The summed E-state index contributed by atoms with van der Waals surface area (Å²) >= 11 is 3.61. The van der Waals surface area contributed by atoms with E-state index in [0.29, 0.717) is 6.42 Å². The summed E-state index contributed by atoms with van der Waals surface area (Å²) < 4.78 is 7.62. The van der Waals surface area contributed by atoms with Crippen molar-refractivity contribution in [2.24, 2.45) is 0 Å². The Hall–Kier alpha value is -2.01. The van der Waals surface area contributed by atoms with Gasteiger partial charge in [-0.3, -0.25) is 4.90 Å². The third-order valence-electron chi connectivity index (χ3n) is 6.14. The van der Waals surface area contributed by atoms with Crippen LogP contribution < -0.4 is 15.0 Å². The van der Waals surface area contributed by atoms with Gasteiger partial charge in [-0.2, -0.15) is 0 Å². The Labute approximate surface area is 188 Å². The summed E-state index contributed by atoms with van der Waals surface area (Å²) in [6.07, 6.45) is 0.685. The van der Waals surface area contributed by atoms with Crippen LogP contribution in [0, 0.1) is 0 Å². The number of benzene rings is 2. The molecule has 30 heavy (non-hydrogen) atoms. The van der Waals surface area contributed by atoms with Crippen molar-refractivity contribution in [3.8, 4) is 5.75 Å². The van der Waals surface area contributed by atoms with Crippen molar-refractivity contribution in [1.82, 2.24) is 5.32 Å². The topological polar surface area (TPSA) is 41.6 Å². The normalized spacial score (nSPS) is 23.5. The second kappa shape index (κ2) is 6.74. The Kier molecular flexibility index (Phi) is 4.77. The van der Waals surface area contributed by atoms with Crippen LogP contribution in [0.3, 0.4) is 0 Å². The number of rotatable bonds is 1. The molecular formula is C25H31BrN2O2. The van der Waals surface area contributed by atoms with E-state index >= 15 is 0 Å². The van der Waals surface area contributed by atoms with E-state index in [9.17, 15) is 4.79 Å². The summed E-state index contributed by atoms with van der Waals surface area (Å²) in [6.45, 7) is 15.3. The van der Waals surface area contributed by atoms with Gasteiger partial charge in [0, 0.05) is 22.0 Å². The zero-order chi connectivity index (χ0) is 22.1. The predicted molar refractivity (Wildman–Crippen MR) is 125 cm³/mol. The van der Waals surface area contributed by atoms with Gasteiger partial charge in [0.05, 0.1) is 11.7 Å². The number of hydrogen-bond donors (Lipinski definition) is 1. The molecule has 2 aliphatic rings. The Morgan fingerprint density at radius 2 is 1.77 bits per heavy atom. The van der Waals surface area contributed by atoms with Crippen molar-refractivity contribution in [3.63, 3.8) is 0 Å². The van der Waals surface area contributed by atoms with Gasteiger partial charge < -0.3 is 10.1 Å². The van der Waals surface area contributed by atoms with Gasteiger partial charge in [0.25, 0.3) is 0 Å². The average molecular weight is 471 g/mol. The number of nitrogens with one attached hydrogen (secondary N) is 1. The quantitative estimate of drug-likeness (QED) is 0.496. The molecular weight excluding hydrogens is 440 g/mol. The highest BCUT2D eigenvalue weighted by atomic mass is 79.9. The smallest absolute Gasteiger partial charge is 0.325 e. The van der Waals surface area contributed by atoms with Crippen LogP contribution in [0.25, 0.3) is 0 Å². The molecule has 160 valence electrons. The van der Waals surface area contributed by atoms with Gasteiger partial charge in [-0.25, -0.2) is 4.79 Å². The molecule has 0 aromatic heterocycles. The molecule has 0 aliphatic carbocycles. The molecule has 2 bridgehead atoms. The van der Waals surface area contributed by atoms with E-state index in [-0.39, 0.29) is 22.9 Å². The molecule has 2 amide bonds. The van der Waals surface area contributed by atoms with Gasteiger partial charge in [-0.1, -0.05) is 59.7 Å². The summed E-state index contributed by atoms with van der Waals surface area (Å²) in [5.74, 6) is 0.909. The number of anilines is 1. The average Bonchev–Trinajstić information content (AvgIpc) is 2.60. The van der Waals surface area contributed by atoms with Crippen molar-refractivity contribution in [3.05, 3.63) is 57.6 Å². The van der Waals surface area contributed by atoms with Crippen LogP contribution in [-0.4, -0.2) is 11.8 Å². The Balaban J connectivity index is 1.91. The molecule has 0 radical (unpaired) electrons. The number of urea groups is 1. The molecule has 2 heterocycles. The molecule has 1 N–H and O–H groups in total. The standard InChI is InChI=1S/C25H31BrN2O2/c1-23(2,3)15-12-16-19-14-25(7,30-21(16)17(13-15)24(4,5)6)28(22(29)27-19)20-11-9-8-10-18(20)26/h8-13,19H,14H2,1-7H3,(H,27,29)/t19-,25+/m1/s1. The van der Waals surface area contributed by atoms with E-state index in [0.717, 1.165) is 21.5 Å². The fourth-order valence-electron chi connectivity index (χ4n) is 4.46. The third-order valence-corrected chi connectivity index (χ3v) is 6.81. The van der Waals surface area contributed by atoms with Crippen LogP contribution in [-0.2, 0) is 10.8 Å². The summed E-state index contributed by atoms with van der Waals surface area (Å²) in [4.78, 5) is 15.0. The first-order valence-electron chi connectivity index (χ1n) is 10.5. The summed E-state index contributed by atoms with van der Waals surface area (Å²) in [6, 6.07) is 12.1. The second-order valence-corrected chi connectivity index (χ2v) is 11.6. The minimum atomic E-state index is -0.771. The summed E-state index contributed by atoms with van der Waals surface area (Å²) in [5, 5.41) is 3.25. The van der Waals surface area contributed by atoms with Gasteiger partial charge in [0.1, 0.15) is 5.75 Å².